The number of rotatable bonds is 3. The van der Waals surface area contributed by atoms with Crippen molar-refractivity contribution in [2.75, 3.05) is 6.79 Å². The van der Waals surface area contributed by atoms with Gasteiger partial charge < -0.3 is 14.0 Å². The zero-order valence-electron chi connectivity index (χ0n) is 13.7. The molecule has 0 N–H and O–H groups in total. The second kappa shape index (κ2) is 5.36. The zero-order valence-corrected chi connectivity index (χ0v) is 15.2. The van der Waals surface area contributed by atoms with Gasteiger partial charge in [0.1, 0.15) is 0 Å². The average Bonchev–Trinajstić information content (AvgIpc) is 3.14. The van der Waals surface area contributed by atoms with Crippen LogP contribution in [0.25, 0.3) is 10.9 Å². The van der Waals surface area contributed by atoms with Crippen molar-refractivity contribution in [3.8, 4) is 11.5 Å². The SMILES string of the molecule is Cn1cc(C2CC2C(=O)c2ccc3c(c2)OCO3)c2cc(Br)ccc21. The highest BCUT2D eigenvalue weighted by Gasteiger charge is 2.45. The van der Waals surface area contributed by atoms with E-state index in [4.69, 9.17) is 9.47 Å². The molecule has 1 aliphatic heterocycles. The van der Waals surface area contributed by atoms with Gasteiger partial charge in [0, 0.05) is 40.1 Å². The largest absolute Gasteiger partial charge is 0.454 e. The number of benzene rings is 2. The number of Topliss-reactive ketones (excluding diaryl/α,β-unsaturated/α-hetero) is 1. The number of hydrogen-bond acceptors (Lipinski definition) is 3. The summed E-state index contributed by atoms with van der Waals surface area (Å²) in [6.07, 6.45) is 3.06. The van der Waals surface area contributed by atoms with Crippen LogP contribution in [0.3, 0.4) is 0 Å². The summed E-state index contributed by atoms with van der Waals surface area (Å²) in [6.45, 7) is 0.226. The Morgan fingerprint density at radius 1 is 1.16 bits per heavy atom. The topological polar surface area (TPSA) is 40.5 Å². The first kappa shape index (κ1) is 15.0. The van der Waals surface area contributed by atoms with Crippen molar-refractivity contribution in [2.45, 2.75) is 12.3 Å². The van der Waals surface area contributed by atoms with Gasteiger partial charge in [-0.25, -0.2) is 0 Å². The lowest BCUT2D eigenvalue weighted by molar-refractivity contribution is 0.0965. The van der Waals surface area contributed by atoms with Gasteiger partial charge in [0.25, 0.3) is 0 Å². The number of fused-ring (bicyclic) bond motifs is 2. The molecule has 0 radical (unpaired) electrons. The number of halogens is 1. The van der Waals surface area contributed by atoms with E-state index in [1.807, 2.05) is 18.2 Å². The Balaban J connectivity index is 1.45. The van der Waals surface area contributed by atoms with E-state index in [9.17, 15) is 4.79 Å². The third-order valence-electron chi connectivity index (χ3n) is 5.17. The fourth-order valence-corrected chi connectivity index (χ4v) is 4.14. The molecule has 2 atom stereocenters. The molecule has 4 nitrogen and oxygen atoms in total. The number of ether oxygens (including phenoxy) is 2. The predicted molar refractivity (Wildman–Crippen MR) is 98.4 cm³/mol. The maximum atomic E-state index is 12.9. The molecule has 0 spiro atoms. The summed E-state index contributed by atoms with van der Waals surface area (Å²) >= 11 is 3.55. The van der Waals surface area contributed by atoms with Crippen LogP contribution < -0.4 is 9.47 Å². The number of aryl methyl sites for hydroxylation is 1. The van der Waals surface area contributed by atoms with Crippen LogP contribution in [0, 0.1) is 5.92 Å². The Bertz CT molecular complexity index is 1020. The first-order valence-corrected chi connectivity index (χ1v) is 9.09. The van der Waals surface area contributed by atoms with Crippen LogP contribution in [-0.2, 0) is 7.05 Å². The Morgan fingerprint density at radius 2 is 2.00 bits per heavy atom. The second-order valence-electron chi connectivity index (χ2n) is 6.74. The number of ketones is 1. The molecule has 5 rings (SSSR count). The van der Waals surface area contributed by atoms with Crippen LogP contribution >= 0.6 is 15.9 Å². The van der Waals surface area contributed by atoms with Gasteiger partial charge in [0.05, 0.1) is 0 Å². The minimum absolute atomic E-state index is 0.0463. The number of carbonyl (C=O) groups excluding carboxylic acids is 1. The minimum Gasteiger partial charge on any atom is -0.454 e. The molecule has 0 bridgehead atoms. The maximum absolute atomic E-state index is 12.9. The molecule has 1 fully saturated rings. The minimum atomic E-state index is 0.0463. The van der Waals surface area contributed by atoms with Crippen LogP contribution in [0.15, 0.2) is 47.1 Å². The first-order chi connectivity index (χ1) is 12.1. The highest BCUT2D eigenvalue weighted by molar-refractivity contribution is 9.10. The van der Waals surface area contributed by atoms with Crippen LogP contribution in [0.2, 0.25) is 0 Å². The molecule has 126 valence electrons. The smallest absolute Gasteiger partial charge is 0.231 e. The molecule has 2 unspecified atom stereocenters. The molecule has 1 aliphatic carbocycles. The second-order valence-corrected chi connectivity index (χ2v) is 7.65. The Morgan fingerprint density at radius 3 is 2.88 bits per heavy atom. The molecule has 25 heavy (non-hydrogen) atoms. The van der Waals surface area contributed by atoms with E-state index in [0.717, 1.165) is 10.9 Å². The van der Waals surface area contributed by atoms with Crippen LogP contribution in [0.1, 0.15) is 28.3 Å². The molecule has 0 amide bonds. The van der Waals surface area contributed by atoms with Crippen LogP contribution in [0.4, 0.5) is 0 Å². The van der Waals surface area contributed by atoms with E-state index in [-0.39, 0.29) is 24.4 Å². The van der Waals surface area contributed by atoms with Crippen LogP contribution in [-0.4, -0.2) is 17.1 Å². The number of aromatic nitrogens is 1. The third-order valence-corrected chi connectivity index (χ3v) is 5.66. The van der Waals surface area contributed by atoms with Crippen molar-refractivity contribution in [1.29, 1.82) is 0 Å². The monoisotopic (exact) mass is 397 g/mol. The standard InChI is InChI=1S/C20H16BrNO3/c1-22-9-16(14-7-12(21)3-4-17(14)22)13-8-15(13)20(23)11-2-5-18-19(6-11)25-10-24-18/h2-7,9,13,15H,8,10H2,1H3. The zero-order chi connectivity index (χ0) is 17.1. The molecule has 2 heterocycles. The van der Waals surface area contributed by atoms with Gasteiger partial charge in [0.2, 0.25) is 6.79 Å². The third kappa shape index (κ3) is 2.37. The van der Waals surface area contributed by atoms with E-state index in [0.29, 0.717) is 17.1 Å². The van der Waals surface area contributed by atoms with Gasteiger partial charge in [-0.1, -0.05) is 15.9 Å². The lowest BCUT2D eigenvalue weighted by Gasteiger charge is -2.03. The van der Waals surface area contributed by atoms with Crippen molar-refractivity contribution in [3.05, 3.63) is 58.2 Å². The normalized spacial score (nSPS) is 20.9. The summed E-state index contributed by atoms with van der Waals surface area (Å²) < 4.78 is 13.9. The van der Waals surface area contributed by atoms with Gasteiger partial charge in [-0.2, -0.15) is 0 Å². The Kier molecular flexibility index (Phi) is 3.22. The van der Waals surface area contributed by atoms with Gasteiger partial charge in [-0.15, -0.1) is 0 Å². The van der Waals surface area contributed by atoms with Crippen molar-refractivity contribution < 1.29 is 14.3 Å². The number of nitrogens with zero attached hydrogens (tertiary/aromatic N) is 1. The van der Waals surface area contributed by atoms with E-state index >= 15 is 0 Å². The molecule has 5 heteroatoms. The molecule has 1 aromatic heterocycles. The number of carbonyl (C=O) groups is 1. The Labute approximate surface area is 153 Å². The van der Waals surface area contributed by atoms with Crippen molar-refractivity contribution in [3.63, 3.8) is 0 Å². The van der Waals surface area contributed by atoms with E-state index in [1.54, 1.807) is 6.07 Å². The molecule has 3 aromatic rings. The molecular weight excluding hydrogens is 382 g/mol. The van der Waals surface area contributed by atoms with Gasteiger partial charge in [0.15, 0.2) is 17.3 Å². The van der Waals surface area contributed by atoms with E-state index in [1.165, 1.54) is 16.5 Å². The fourth-order valence-electron chi connectivity index (χ4n) is 3.78. The molecule has 1 saturated carbocycles. The van der Waals surface area contributed by atoms with E-state index < -0.39 is 0 Å². The first-order valence-electron chi connectivity index (χ1n) is 8.30. The quantitative estimate of drug-likeness (QED) is 0.603. The van der Waals surface area contributed by atoms with Crippen molar-refractivity contribution in [2.24, 2.45) is 13.0 Å². The van der Waals surface area contributed by atoms with Crippen molar-refractivity contribution >= 4 is 32.6 Å². The molecular formula is C20H16BrNO3. The summed E-state index contributed by atoms with van der Waals surface area (Å²) in [6, 6.07) is 11.8. The van der Waals surface area contributed by atoms with E-state index in [2.05, 4.69) is 45.9 Å². The summed E-state index contributed by atoms with van der Waals surface area (Å²) in [7, 11) is 2.05. The summed E-state index contributed by atoms with van der Waals surface area (Å²) in [5, 5.41) is 1.22. The van der Waals surface area contributed by atoms with Gasteiger partial charge >= 0.3 is 0 Å². The molecule has 0 saturated heterocycles. The Hall–Kier alpha value is -2.27. The average molecular weight is 398 g/mol. The van der Waals surface area contributed by atoms with Gasteiger partial charge in [-0.3, -0.25) is 4.79 Å². The summed E-state index contributed by atoms with van der Waals surface area (Å²) in [5.41, 5.74) is 3.16. The number of hydrogen-bond donors (Lipinski definition) is 0. The highest BCUT2D eigenvalue weighted by atomic mass is 79.9. The fraction of sp³-hybridized carbons (Fsp3) is 0.250. The maximum Gasteiger partial charge on any atom is 0.231 e. The molecule has 2 aromatic carbocycles. The summed E-state index contributed by atoms with van der Waals surface area (Å²) in [5.74, 6) is 1.90. The molecule has 2 aliphatic rings. The lowest BCUT2D eigenvalue weighted by Crippen LogP contribution is -2.03. The van der Waals surface area contributed by atoms with Gasteiger partial charge in [-0.05, 0) is 54.3 Å². The lowest BCUT2D eigenvalue weighted by atomic mass is 10.0. The van der Waals surface area contributed by atoms with Crippen LogP contribution in [0.5, 0.6) is 11.5 Å². The highest BCUT2D eigenvalue weighted by Crippen LogP contribution is 2.52. The predicted octanol–water partition coefficient (Wildman–Crippen LogP) is 4.66. The summed E-state index contributed by atoms with van der Waals surface area (Å²) in [4.78, 5) is 12.9. The van der Waals surface area contributed by atoms with Crippen molar-refractivity contribution in [1.82, 2.24) is 4.57 Å².